The van der Waals surface area contributed by atoms with Gasteiger partial charge in [0, 0.05) is 0 Å². The molecule has 0 N–H and O–H groups in total. The van der Waals surface area contributed by atoms with Crippen LogP contribution in [0, 0.1) is 5.82 Å². The molecule has 124 valence electrons. The van der Waals surface area contributed by atoms with Crippen LogP contribution in [-0.2, 0) is 0 Å². The van der Waals surface area contributed by atoms with Gasteiger partial charge in [-0.25, -0.2) is 9.07 Å². The van der Waals surface area contributed by atoms with E-state index in [2.05, 4.69) is 20.5 Å². The number of benzene rings is 2. The molecule has 0 radical (unpaired) electrons. The van der Waals surface area contributed by atoms with E-state index in [1.54, 1.807) is 25.4 Å². The second-order valence-electron chi connectivity index (χ2n) is 5.15. The highest BCUT2D eigenvalue weighted by Crippen LogP contribution is 2.29. The second-order valence-corrected chi connectivity index (χ2v) is 5.15. The third-order valence-electron chi connectivity index (χ3n) is 3.58. The molecule has 4 aromatic rings. The lowest BCUT2D eigenvalue weighted by molar-refractivity contribution is 0.405. The summed E-state index contributed by atoms with van der Waals surface area (Å²) in [5, 5.41) is 12.0. The molecule has 0 atom stereocenters. The van der Waals surface area contributed by atoms with Gasteiger partial charge in [-0.15, -0.1) is 5.10 Å². The van der Waals surface area contributed by atoms with Crippen LogP contribution in [0.5, 0.6) is 5.75 Å². The molecule has 0 unspecified atom stereocenters. The summed E-state index contributed by atoms with van der Waals surface area (Å²) >= 11 is 0. The first-order chi connectivity index (χ1) is 12.2. The molecule has 0 fully saturated rings. The van der Waals surface area contributed by atoms with Crippen molar-refractivity contribution >= 4 is 0 Å². The number of para-hydroxylation sites is 1. The van der Waals surface area contributed by atoms with E-state index in [-0.39, 0.29) is 5.82 Å². The van der Waals surface area contributed by atoms with Gasteiger partial charge in [0.15, 0.2) is 5.69 Å². The van der Waals surface area contributed by atoms with Crippen molar-refractivity contribution in [1.29, 1.82) is 0 Å². The Bertz CT molecular complexity index is 1010. The predicted octanol–water partition coefficient (Wildman–Crippen LogP) is 3.13. The van der Waals surface area contributed by atoms with Crippen LogP contribution in [-0.4, -0.2) is 32.2 Å². The van der Waals surface area contributed by atoms with E-state index >= 15 is 0 Å². The molecule has 2 aromatic heterocycles. The van der Waals surface area contributed by atoms with Gasteiger partial charge in [0.2, 0.25) is 5.82 Å². The lowest BCUT2D eigenvalue weighted by atomic mass is 10.2. The molecule has 4 rings (SSSR count). The van der Waals surface area contributed by atoms with Crippen molar-refractivity contribution in [3.8, 4) is 34.4 Å². The molecule has 0 amide bonds. The van der Waals surface area contributed by atoms with Gasteiger partial charge in [-0.2, -0.15) is 4.98 Å². The second kappa shape index (κ2) is 6.16. The zero-order valence-electron chi connectivity index (χ0n) is 13.1. The lowest BCUT2D eigenvalue weighted by Crippen LogP contribution is -1.94. The average molecular weight is 337 g/mol. The van der Waals surface area contributed by atoms with E-state index in [9.17, 15) is 4.39 Å². The molecule has 7 nitrogen and oxygen atoms in total. The van der Waals surface area contributed by atoms with E-state index in [4.69, 9.17) is 9.26 Å². The van der Waals surface area contributed by atoms with Crippen LogP contribution in [0.1, 0.15) is 0 Å². The maximum atomic E-state index is 13.0. The summed E-state index contributed by atoms with van der Waals surface area (Å²) in [4.78, 5) is 4.35. The Morgan fingerprint density at radius 1 is 1.08 bits per heavy atom. The minimum atomic E-state index is -0.316. The van der Waals surface area contributed by atoms with Crippen molar-refractivity contribution in [1.82, 2.24) is 25.1 Å². The van der Waals surface area contributed by atoms with Crippen molar-refractivity contribution in [2.75, 3.05) is 7.11 Å². The van der Waals surface area contributed by atoms with Gasteiger partial charge in [-0.3, -0.25) is 0 Å². The molecular formula is C17H12FN5O2. The summed E-state index contributed by atoms with van der Waals surface area (Å²) in [5.74, 6) is 0.939. The fraction of sp³-hybridized carbons (Fsp3) is 0.0588. The minimum absolute atomic E-state index is 0.300. The van der Waals surface area contributed by atoms with Crippen LogP contribution in [0.4, 0.5) is 4.39 Å². The monoisotopic (exact) mass is 337 g/mol. The van der Waals surface area contributed by atoms with Gasteiger partial charge in [-0.05, 0) is 36.4 Å². The molecule has 2 aromatic carbocycles. The largest absolute Gasteiger partial charge is 0.496 e. The molecule has 0 bridgehead atoms. The summed E-state index contributed by atoms with van der Waals surface area (Å²) in [6, 6.07) is 13.3. The number of nitrogens with zero attached hydrogens (tertiary/aromatic N) is 5. The number of hydrogen-bond donors (Lipinski definition) is 0. The van der Waals surface area contributed by atoms with Crippen molar-refractivity contribution in [3.05, 3.63) is 60.5 Å². The number of rotatable bonds is 4. The Morgan fingerprint density at radius 2 is 1.88 bits per heavy atom. The summed E-state index contributed by atoms with van der Waals surface area (Å²) in [5.41, 5.74) is 1.80. The first-order valence-electron chi connectivity index (χ1n) is 7.40. The Labute approximate surface area is 141 Å². The van der Waals surface area contributed by atoms with E-state index in [1.807, 2.05) is 24.3 Å². The molecule has 0 aliphatic heterocycles. The van der Waals surface area contributed by atoms with Gasteiger partial charge in [0.25, 0.3) is 5.89 Å². The van der Waals surface area contributed by atoms with Crippen molar-refractivity contribution in [2.45, 2.75) is 0 Å². The fourth-order valence-electron chi connectivity index (χ4n) is 2.34. The van der Waals surface area contributed by atoms with Crippen molar-refractivity contribution in [3.63, 3.8) is 0 Å². The average Bonchev–Trinajstić information content (AvgIpc) is 3.32. The third-order valence-corrected chi connectivity index (χ3v) is 3.58. The minimum Gasteiger partial charge on any atom is -0.496 e. The first-order valence-corrected chi connectivity index (χ1v) is 7.40. The number of aromatic nitrogens is 5. The normalized spacial score (nSPS) is 10.8. The molecule has 2 heterocycles. The van der Waals surface area contributed by atoms with Crippen LogP contribution >= 0.6 is 0 Å². The maximum absolute atomic E-state index is 13.0. The smallest absolute Gasteiger partial charge is 0.262 e. The van der Waals surface area contributed by atoms with Gasteiger partial charge in [-0.1, -0.05) is 22.5 Å². The van der Waals surface area contributed by atoms with Crippen molar-refractivity contribution < 1.29 is 13.7 Å². The highest BCUT2D eigenvalue weighted by Gasteiger charge is 2.16. The molecule has 8 heteroatoms. The summed E-state index contributed by atoms with van der Waals surface area (Å²) < 4.78 is 25.1. The highest BCUT2D eigenvalue weighted by molar-refractivity contribution is 5.64. The maximum Gasteiger partial charge on any atom is 0.262 e. The topological polar surface area (TPSA) is 78.9 Å². The number of ether oxygens (including phenoxy) is 1. The molecule has 0 spiro atoms. The van der Waals surface area contributed by atoms with Gasteiger partial charge in [0.05, 0.1) is 24.6 Å². The third kappa shape index (κ3) is 2.85. The van der Waals surface area contributed by atoms with E-state index in [0.29, 0.717) is 34.4 Å². The number of hydrogen-bond acceptors (Lipinski definition) is 6. The summed E-state index contributed by atoms with van der Waals surface area (Å²) in [6.07, 6.45) is 1.64. The standard InChI is InChI=1S/C17H12FN5O2/c1-24-15-5-3-2-4-13(15)17-19-16(21-25-17)14-10-23(22-20-14)12-8-6-11(18)7-9-12/h2-10H,1H3. The van der Waals surface area contributed by atoms with Crippen LogP contribution in [0.25, 0.3) is 28.7 Å². The number of halogens is 1. The molecule has 0 saturated carbocycles. The molecule has 25 heavy (non-hydrogen) atoms. The summed E-state index contributed by atoms with van der Waals surface area (Å²) in [7, 11) is 1.57. The lowest BCUT2D eigenvalue weighted by Gasteiger charge is -2.02. The highest BCUT2D eigenvalue weighted by atomic mass is 19.1. The van der Waals surface area contributed by atoms with Gasteiger partial charge >= 0.3 is 0 Å². The Balaban J connectivity index is 1.66. The number of methoxy groups -OCH3 is 1. The SMILES string of the molecule is COc1ccccc1-c1nc(-c2cn(-c3ccc(F)cc3)nn2)no1. The van der Waals surface area contributed by atoms with E-state index in [1.165, 1.54) is 16.8 Å². The van der Waals surface area contributed by atoms with Gasteiger partial charge in [0.1, 0.15) is 11.6 Å². The Hall–Kier alpha value is -3.55. The molecular weight excluding hydrogens is 325 g/mol. The molecule has 0 saturated heterocycles. The van der Waals surface area contributed by atoms with Crippen LogP contribution in [0.2, 0.25) is 0 Å². The Kier molecular flexibility index (Phi) is 3.70. The van der Waals surface area contributed by atoms with E-state index in [0.717, 1.165) is 0 Å². The molecule has 0 aliphatic rings. The van der Waals surface area contributed by atoms with Crippen LogP contribution in [0.3, 0.4) is 0 Å². The summed E-state index contributed by atoms with van der Waals surface area (Å²) in [6.45, 7) is 0. The van der Waals surface area contributed by atoms with Gasteiger partial charge < -0.3 is 9.26 Å². The fourth-order valence-corrected chi connectivity index (χ4v) is 2.34. The zero-order valence-corrected chi connectivity index (χ0v) is 13.1. The Morgan fingerprint density at radius 3 is 2.68 bits per heavy atom. The predicted molar refractivity (Wildman–Crippen MR) is 86.6 cm³/mol. The van der Waals surface area contributed by atoms with Crippen molar-refractivity contribution in [2.24, 2.45) is 0 Å². The first kappa shape index (κ1) is 15.0. The zero-order chi connectivity index (χ0) is 17.2. The van der Waals surface area contributed by atoms with E-state index < -0.39 is 0 Å². The molecule has 0 aliphatic carbocycles. The van der Waals surface area contributed by atoms with Crippen LogP contribution in [0.15, 0.2) is 59.3 Å². The quantitative estimate of drug-likeness (QED) is 0.569. The van der Waals surface area contributed by atoms with Crippen LogP contribution < -0.4 is 4.74 Å².